The summed E-state index contributed by atoms with van der Waals surface area (Å²) in [5, 5.41) is 2.96. The van der Waals surface area contributed by atoms with Gasteiger partial charge in [0.1, 0.15) is 12.1 Å². The molecule has 1 aliphatic carbocycles. The molecule has 38 heavy (non-hydrogen) atoms. The monoisotopic (exact) mass is 516 g/mol. The number of piperidine rings is 1. The number of nitrogens with one attached hydrogen (secondary N) is 1. The molecule has 5 rings (SSSR count). The molecule has 3 amide bonds. The normalized spacial score (nSPS) is 19.4. The van der Waals surface area contributed by atoms with E-state index < -0.39 is 5.54 Å². The Morgan fingerprint density at radius 1 is 0.974 bits per heavy atom. The number of amides is 3. The lowest BCUT2D eigenvalue weighted by molar-refractivity contribution is -0.139. The van der Waals surface area contributed by atoms with Gasteiger partial charge in [-0.25, -0.2) is 0 Å². The van der Waals surface area contributed by atoms with Crippen molar-refractivity contribution in [3.63, 3.8) is 0 Å². The van der Waals surface area contributed by atoms with Crippen LogP contribution in [0.15, 0.2) is 48.5 Å². The van der Waals surface area contributed by atoms with Crippen molar-refractivity contribution in [1.29, 1.82) is 0 Å². The lowest BCUT2D eigenvalue weighted by atomic mass is 9.85. The van der Waals surface area contributed by atoms with E-state index in [0.29, 0.717) is 44.9 Å². The Balaban J connectivity index is 1.26. The number of benzene rings is 2. The van der Waals surface area contributed by atoms with Crippen LogP contribution >= 0.6 is 0 Å². The first-order valence-electron chi connectivity index (χ1n) is 14.1. The highest BCUT2D eigenvalue weighted by molar-refractivity contribution is 5.99. The molecule has 2 aliphatic heterocycles. The van der Waals surface area contributed by atoms with Crippen LogP contribution < -0.4 is 10.2 Å². The van der Waals surface area contributed by atoms with E-state index in [9.17, 15) is 14.4 Å². The van der Waals surface area contributed by atoms with E-state index in [0.717, 1.165) is 23.4 Å². The number of anilines is 2. The van der Waals surface area contributed by atoms with Crippen molar-refractivity contribution in [2.75, 3.05) is 36.5 Å². The van der Waals surface area contributed by atoms with Crippen molar-refractivity contribution in [1.82, 2.24) is 9.80 Å². The Morgan fingerprint density at radius 2 is 1.68 bits per heavy atom. The van der Waals surface area contributed by atoms with Gasteiger partial charge in [-0.15, -0.1) is 0 Å². The molecule has 0 bridgehead atoms. The van der Waals surface area contributed by atoms with Crippen LogP contribution in [0.5, 0.6) is 0 Å². The molecule has 0 radical (unpaired) electrons. The number of aryl methyl sites for hydroxylation is 2. The molecule has 1 saturated carbocycles. The van der Waals surface area contributed by atoms with Crippen molar-refractivity contribution in [3.05, 3.63) is 59.7 Å². The number of carbonyl (C=O) groups is 3. The molecule has 2 saturated heterocycles. The number of hydrogen-bond acceptors (Lipinski definition) is 4. The van der Waals surface area contributed by atoms with Gasteiger partial charge in [0.05, 0.1) is 6.67 Å². The molecule has 202 valence electrons. The predicted octanol–water partition coefficient (Wildman–Crippen LogP) is 4.88. The third-order valence-electron chi connectivity index (χ3n) is 8.89. The number of likely N-dealkylation sites (tertiary alicyclic amines) is 1. The highest BCUT2D eigenvalue weighted by Crippen LogP contribution is 2.40. The fourth-order valence-electron chi connectivity index (χ4n) is 6.43. The molecule has 3 aliphatic rings. The van der Waals surface area contributed by atoms with Gasteiger partial charge < -0.3 is 20.0 Å². The number of rotatable bonds is 7. The minimum absolute atomic E-state index is 0.000867. The molecule has 7 nitrogen and oxygen atoms in total. The summed E-state index contributed by atoms with van der Waals surface area (Å²) in [5.74, 6) is 0.692. The Morgan fingerprint density at radius 3 is 2.37 bits per heavy atom. The van der Waals surface area contributed by atoms with Gasteiger partial charge in [0, 0.05) is 30.9 Å². The van der Waals surface area contributed by atoms with Crippen LogP contribution in [0.3, 0.4) is 0 Å². The summed E-state index contributed by atoms with van der Waals surface area (Å²) >= 11 is 0. The maximum absolute atomic E-state index is 13.9. The molecule has 2 aromatic rings. The average Bonchev–Trinajstić information content (AvgIpc) is 3.53. The molecular formula is C31H40N4O3. The van der Waals surface area contributed by atoms with Crippen molar-refractivity contribution in [3.8, 4) is 0 Å². The predicted molar refractivity (Wildman–Crippen MR) is 150 cm³/mol. The zero-order chi connectivity index (χ0) is 26.7. The molecule has 7 heteroatoms. The van der Waals surface area contributed by atoms with Crippen molar-refractivity contribution >= 4 is 29.1 Å². The lowest BCUT2D eigenvalue weighted by Gasteiger charge is -2.43. The Hall–Kier alpha value is -3.35. The first-order valence-corrected chi connectivity index (χ1v) is 14.1. The van der Waals surface area contributed by atoms with E-state index in [-0.39, 0.29) is 24.3 Å². The number of para-hydroxylation sites is 1. The summed E-state index contributed by atoms with van der Waals surface area (Å²) < 4.78 is 0. The molecular weight excluding hydrogens is 476 g/mol. The SMILES string of the molecule is Cc1ccc(NC(=O)CN2CN(c3ccccc3)C3(CCN(C(=O)CCC4CCCC4)CC3)C2=O)cc1C. The average molecular weight is 517 g/mol. The quantitative estimate of drug-likeness (QED) is 0.569. The van der Waals surface area contributed by atoms with Gasteiger partial charge in [-0.05, 0) is 74.4 Å². The van der Waals surface area contributed by atoms with Crippen molar-refractivity contribution in [2.24, 2.45) is 5.92 Å². The van der Waals surface area contributed by atoms with Gasteiger partial charge in [0.25, 0.3) is 5.91 Å². The van der Waals surface area contributed by atoms with Gasteiger partial charge in [-0.3, -0.25) is 14.4 Å². The van der Waals surface area contributed by atoms with E-state index in [1.807, 2.05) is 67.3 Å². The molecule has 1 spiro atoms. The first-order chi connectivity index (χ1) is 18.4. The van der Waals surface area contributed by atoms with Gasteiger partial charge in [0.2, 0.25) is 11.8 Å². The fourth-order valence-corrected chi connectivity index (χ4v) is 6.43. The fraction of sp³-hybridized carbons (Fsp3) is 0.516. The second kappa shape index (κ2) is 11.2. The van der Waals surface area contributed by atoms with E-state index in [2.05, 4.69) is 10.2 Å². The summed E-state index contributed by atoms with van der Waals surface area (Å²) in [6.07, 6.45) is 7.84. The largest absolute Gasteiger partial charge is 0.342 e. The zero-order valence-corrected chi connectivity index (χ0v) is 22.7. The van der Waals surface area contributed by atoms with Crippen LogP contribution in [0.1, 0.15) is 62.5 Å². The standard InChI is InChI=1S/C31H40N4O3/c1-23-12-14-26(20-24(23)2)32-28(36)21-34-22-35(27-10-4-3-5-11-27)31(30(34)38)16-18-33(19-17-31)29(37)15-13-25-8-6-7-9-25/h3-5,10-12,14,20,25H,6-9,13,15-19,21-22H2,1-2H3,(H,32,36). The van der Waals surface area contributed by atoms with Gasteiger partial charge in [-0.2, -0.15) is 0 Å². The Labute approximate surface area is 226 Å². The smallest absolute Gasteiger partial charge is 0.250 e. The summed E-state index contributed by atoms with van der Waals surface area (Å²) in [7, 11) is 0. The number of carbonyl (C=O) groups excluding carboxylic acids is 3. The summed E-state index contributed by atoms with van der Waals surface area (Å²) in [4.78, 5) is 45.7. The second-order valence-electron chi connectivity index (χ2n) is 11.4. The van der Waals surface area contributed by atoms with Crippen LogP contribution in [0.2, 0.25) is 0 Å². The Bertz CT molecular complexity index is 1170. The van der Waals surface area contributed by atoms with Crippen LogP contribution in [-0.4, -0.2) is 59.4 Å². The van der Waals surface area contributed by atoms with Gasteiger partial charge in [0.15, 0.2) is 0 Å². The highest BCUT2D eigenvalue weighted by atomic mass is 16.2. The van der Waals surface area contributed by atoms with Crippen molar-refractivity contribution < 1.29 is 14.4 Å². The van der Waals surface area contributed by atoms with E-state index in [1.54, 1.807) is 4.90 Å². The first kappa shape index (κ1) is 26.3. The Kier molecular flexibility index (Phi) is 7.73. The van der Waals surface area contributed by atoms with Crippen LogP contribution in [0, 0.1) is 19.8 Å². The highest BCUT2D eigenvalue weighted by Gasteiger charge is 2.54. The molecule has 0 atom stereocenters. The van der Waals surface area contributed by atoms with Crippen LogP contribution in [0.25, 0.3) is 0 Å². The number of nitrogens with zero attached hydrogens (tertiary/aromatic N) is 3. The van der Waals surface area contributed by atoms with Gasteiger partial charge >= 0.3 is 0 Å². The lowest BCUT2D eigenvalue weighted by Crippen LogP contribution is -2.57. The van der Waals surface area contributed by atoms with Crippen LogP contribution in [0.4, 0.5) is 11.4 Å². The topological polar surface area (TPSA) is 73.0 Å². The summed E-state index contributed by atoms with van der Waals surface area (Å²) in [6, 6.07) is 15.8. The molecule has 3 fully saturated rings. The molecule has 2 aromatic carbocycles. The van der Waals surface area contributed by atoms with E-state index in [4.69, 9.17) is 0 Å². The van der Waals surface area contributed by atoms with E-state index in [1.165, 1.54) is 31.2 Å². The second-order valence-corrected chi connectivity index (χ2v) is 11.4. The third-order valence-corrected chi connectivity index (χ3v) is 8.89. The van der Waals surface area contributed by atoms with Crippen LogP contribution in [-0.2, 0) is 14.4 Å². The van der Waals surface area contributed by atoms with Gasteiger partial charge in [-0.1, -0.05) is 49.9 Å². The maximum atomic E-state index is 13.9. The van der Waals surface area contributed by atoms with E-state index >= 15 is 0 Å². The molecule has 0 aromatic heterocycles. The molecule has 2 heterocycles. The summed E-state index contributed by atoms with van der Waals surface area (Å²) in [5.41, 5.74) is 3.26. The number of hydrogen-bond donors (Lipinski definition) is 1. The van der Waals surface area contributed by atoms with Crippen molar-refractivity contribution in [2.45, 2.75) is 70.8 Å². The summed E-state index contributed by atoms with van der Waals surface area (Å²) in [6.45, 7) is 5.56. The minimum Gasteiger partial charge on any atom is -0.342 e. The maximum Gasteiger partial charge on any atom is 0.250 e. The third kappa shape index (κ3) is 5.42. The molecule has 1 N–H and O–H groups in total. The molecule has 0 unspecified atom stereocenters. The minimum atomic E-state index is -0.732. The zero-order valence-electron chi connectivity index (χ0n) is 22.7.